The van der Waals surface area contributed by atoms with Crippen molar-refractivity contribution in [2.45, 2.75) is 6.61 Å². The highest BCUT2D eigenvalue weighted by atomic mass is 79.9. The Kier molecular flexibility index (Phi) is 7.34. The normalized spacial score (nSPS) is 14.8. The van der Waals surface area contributed by atoms with E-state index in [1.54, 1.807) is 48.5 Å². The lowest BCUT2D eigenvalue weighted by molar-refractivity contribution is -0.113. The maximum Gasteiger partial charge on any atom is 0.298 e. The number of carbonyl (C=O) groups excluding carboxylic acids is 2. The Labute approximate surface area is 213 Å². The number of hydrogen-bond donors (Lipinski definition) is 0. The molecule has 0 spiro atoms. The van der Waals surface area contributed by atoms with E-state index in [9.17, 15) is 9.59 Å². The second-order valence-electron chi connectivity index (χ2n) is 6.91. The number of rotatable bonds is 6. The lowest BCUT2D eigenvalue weighted by Gasteiger charge is -2.15. The maximum absolute atomic E-state index is 13.1. The molecule has 2 amide bonds. The monoisotopic (exact) mass is 563 g/mol. The van der Waals surface area contributed by atoms with Gasteiger partial charge in [-0.15, -0.1) is 0 Å². The van der Waals surface area contributed by atoms with Gasteiger partial charge in [0.15, 0.2) is 0 Å². The molecular formula is C24H16BrCl2NO4S. The van der Waals surface area contributed by atoms with Crippen LogP contribution in [0.5, 0.6) is 11.5 Å². The summed E-state index contributed by atoms with van der Waals surface area (Å²) in [5.41, 5.74) is 1.89. The minimum atomic E-state index is -0.426. The highest BCUT2D eigenvalue weighted by Crippen LogP contribution is 2.40. The Bertz CT molecular complexity index is 1280. The Balaban J connectivity index is 1.62. The zero-order chi connectivity index (χ0) is 23.5. The van der Waals surface area contributed by atoms with Crippen molar-refractivity contribution in [1.82, 2.24) is 0 Å². The van der Waals surface area contributed by atoms with Gasteiger partial charge >= 0.3 is 0 Å². The number of halogens is 3. The summed E-state index contributed by atoms with van der Waals surface area (Å²) in [4.78, 5) is 27.2. The molecule has 0 aromatic heterocycles. The molecule has 0 aliphatic carbocycles. The fourth-order valence-electron chi connectivity index (χ4n) is 3.19. The second-order valence-corrected chi connectivity index (χ2v) is 9.63. The quantitative estimate of drug-likeness (QED) is 0.289. The molecule has 9 heteroatoms. The summed E-state index contributed by atoms with van der Waals surface area (Å²) >= 11 is 16.4. The van der Waals surface area contributed by atoms with Gasteiger partial charge in [-0.3, -0.25) is 9.59 Å². The summed E-state index contributed by atoms with van der Waals surface area (Å²) < 4.78 is 12.1. The van der Waals surface area contributed by atoms with Crippen molar-refractivity contribution in [3.63, 3.8) is 0 Å². The van der Waals surface area contributed by atoms with Gasteiger partial charge in [-0.05, 0) is 65.9 Å². The molecule has 1 aliphatic heterocycles. The van der Waals surface area contributed by atoms with Crippen LogP contribution in [0.4, 0.5) is 10.5 Å². The summed E-state index contributed by atoms with van der Waals surface area (Å²) in [6, 6.07) is 17.6. The third-order valence-corrected chi connectivity index (χ3v) is 6.86. The van der Waals surface area contributed by atoms with Crippen LogP contribution in [0.2, 0.25) is 10.0 Å². The number of methoxy groups -OCH3 is 1. The number of nitrogens with zero attached hydrogens (tertiary/aromatic N) is 1. The Morgan fingerprint density at radius 1 is 1.00 bits per heavy atom. The Morgan fingerprint density at radius 3 is 2.55 bits per heavy atom. The van der Waals surface area contributed by atoms with Gasteiger partial charge < -0.3 is 9.47 Å². The average Bonchev–Trinajstić information content (AvgIpc) is 3.08. The molecule has 168 valence electrons. The molecule has 0 saturated carbocycles. The van der Waals surface area contributed by atoms with Crippen molar-refractivity contribution in [1.29, 1.82) is 0 Å². The van der Waals surface area contributed by atoms with Crippen molar-refractivity contribution in [2.75, 3.05) is 12.0 Å². The van der Waals surface area contributed by atoms with Gasteiger partial charge in [0.2, 0.25) is 0 Å². The summed E-state index contributed by atoms with van der Waals surface area (Å²) in [5, 5.41) is 0.512. The molecule has 1 fully saturated rings. The molecular weight excluding hydrogens is 549 g/mol. The molecule has 3 aromatic carbocycles. The van der Waals surface area contributed by atoms with Gasteiger partial charge in [-0.1, -0.05) is 57.3 Å². The van der Waals surface area contributed by atoms with Crippen molar-refractivity contribution in [3.8, 4) is 11.5 Å². The van der Waals surface area contributed by atoms with Crippen LogP contribution in [0, 0.1) is 0 Å². The molecule has 4 rings (SSSR count). The smallest absolute Gasteiger partial charge is 0.298 e. The first kappa shape index (κ1) is 23.7. The maximum atomic E-state index is 13.1. The van der Waals surface area contributed by atoms with Gasteiger partial charge in [0.1, 0.15) is 18.1 Å². The first-order valence-corrected chi connectivity index (χ1v) is 12.0. The van der Waals surface area contributed by atoms with E-state index in [0.29, 0.717) is 32.8 Å². The molecule has 0 radical (unpaired) electrons. The number of benzene rings is 3. The molecule has 0 bridgehead atoms. The lowest BCUT2D eigenvalue weighted by Crippen LogP contribution is -2.28. The predicted molar refractivity (Wildman–Crippen MR) is 136 cm³/mol. The zero-order valence-electron chi connectivity index (χ0n) is 17.2. The predicted octanol–water partition coefficient (Wildman–Crippen LogP) is 7.58. The van der Waals surface area contributed by atoms with E-state index in [2.05, 4.69) is 15.9 Å². The van der Waals surface area contributed by atoms with Gasteiger partial charge in [0.25, 0.3) is 11.1 Å². The van der Waals surface area contributed by atoms with E-state index in [4.69, 9.17) is 32.7 Å². The fraction of sp³-hybridized carbons (Fsp3) is 0.0833. The van der Waals surface area contributed by atoms with Crippen LogP contribution in [-0.4, -0.2) is 18.3 Å². The number of ether oxygens (including phenoxy) is 2. The second kappa shape index (κ2) is 10.2. The van der Waals surface area contributed by atoms with E-state index in [0.717, 1.165) is 26.7 Å². The van der Waals surface area contributed by atoms with Gasteiger partial charge in [-0.2, -0.15) is 0 Å². The number of anilines is 1. The van der Waals surface area contributed by atoms with E-state index in [-0.39, 0.29) is 11.5 Å². The van der Waals surface area contributed by atoms with Crippen LogP contribution < -0.4 is 14.4 Å². The molecule has 1 aliphatic rings. The van der Waals surface area contributed by atoms with Gasteiger partial charge in [0, 0.05) is 10.0 Å². The topological polar surface area (TPSA) is 55.8 Å². The minimum Gasteiger partial charge on any atom is -0.495 e. The van der Waals surface area contributed by atoms with Gasteiger partial charge in [0.05, 0.1) is 27.7 Å². The van der Waals surface area contributed by atoms with Crippen LogP contribution in [-0.2, 0) is 11.4 Å². The number of carbonyl (C=O) groups is 2. The Morgan fingerprint density at radius 2 is 1.79 bits per heavy atom. The van der Waals surface area contributed by atoms with Crippen molar-refractivity contribution < 1.29 is 19.1 Å². The van der Waals surface area contributed by atoms with Gasteiger partial charge in [-0.25, -0.2) is 4.90 Å². The third kappa shape index (κ3) is 5.22. The first-order chi connectivity index (χ1) is 15.9. The fourth-order valence-corrected chi connectivity index (χ4v) is 4.71. The number of para-hydroxylation sites is 2. The molecule has 5 nitrogen and oxygen atoms in total. The van der Waals surface area contributed by atoms with Crippen LogP contribution in [0.1, 0.15) is 11.1 Å². The standard InChI is InChI=1S/C24H16BrCl2NO4S/c1-31-21-5-3-2-4-19(21)28-23(29)22(33-24(28)30)12-15-11-16(25)7-9-20(15)32-13-14-6-8-17(26)18(27)10-14/h2-12H,13H2,1H3/b22-12-. The van der Waals surface area contributed by atoms with Crippen molar-refractivity contribution in [2.24, 2.45) is 0 Å². The highest BCUT2D eigenvalue weighted by Gasteiger charge is 2.37. The average molecular weight is 565 g/mol. The molecule has 3 aromatic rings. The van der Waals surface area contributed by atoms with Crippen LogP contribution >= 0.6 is 50.9 Å². The third-order valence-electron chi connectivity index (χ3n) is 4.76. The minimum absolute atomic E-state index is 0.252. The van der Waals surface area contributed by atoms with Crippen molar-refractivity contribution >= 4 is 73.8 Å². The van der Waals surface area contributed by atoms with Crippen LogP contribution in [0.3, 0.4) is 0 Å². The van der Waals surface area contributed by atoms with E-state index >= 15 is 0 Å². The largest absolute Gasteiger partial charge is 0.495 e. The van der Waals surface area contributed by atoms with E-state index < -0.39 is 11.1 Å². The summed E-state index contributed by atoms with van der Waals surface area (Å²) in [5.74, 6) is 0.562. The summed E-state index contributed by atoms with van der Waals surface area (Å²) in [7, 11) is 1.49. The molecule has 0 unspecified atom stereocenters. The number of amides is 2. The van der Waals surface area contributed by atoms with Crippen molar-refractivity contribution in [3.05, 3.63) is 91.2 Å². The van der Waals surface area contributed by atoms with E-state index in [1.165, 1.54) is 7.11 Å². The molecule has 1 heterocycles. The van der Waals surface area contributed by atoms with Crippen LogP contribution in [0.15, 0.2) is 70.0 Å². The number of hydrogen-bond acceptors (Lipinski definition) is 5. The Hall–Kier alpha value is -2.45. The summed E-state index contributed by atoms with van der Waals surface area (Å²) in [6.07, 6.45) is 1.65. The van der Waals surface area contributed by atoms with Crippen LogP contribution in [0.25, 0.3) is 6.08 Å². The molecule has 0 atom stereocenters. The highest BCUT2D eigenvalue weighted by molar-refractivity contribution is 9.10. The zero-order valence-corrected chi connectivity index (χ0v) is 21.1. The van der Waals surface area contributed by atoms with E-state index in [1.807, 2.05) is 18.2 Å². The number of thioether (sulfide) groups is 1. The summed E-state index contributed by atoms with van der Waals surface area (Å²) in [6.45, 7) is 0.252. The first-order valence-electron chi connectivity index (χ1n) is 9.64. The number of imide groups is 1. The SMILES string of the molecule is COc1ccccc1N1C(=O)S/C(=C\c2cc(Br)ccc2OCc2ccc(Cl)c(Cl)c2)C1=O. The molecule has 1 saturated heterocycles. The lowest BCUT2D eigenvalue weighted by atomic mass is 10.1. The molecule has 33 heavy (non-hydrogen) atoms. The molecule has 0 N–H and O–H groups in total.